The van der Waals surface area contributed by atoms with Crippen LogP contribution in [0.2, 0.25) is 0 Å². The van der Waals surface area contributed by atoms with E-state index < -0.39 is 0 Å². The summed E-state index contributed by atoms with van der Waals surface area (Å²) >= 11 is 0. The molecule has 106 valence electrons. The van der Waals surface area contributed by atoms with Gasteiger partial charge in [-0.1, -0.05) is 13.8 Å². The Hall–Kier alpha value is -1.33. The molecule has 19 heavy (non-hydrogen) atoms. The molecule has 1 aliphatic rings. The summed E-state index contributed by atoms with van der Waals surface area (Å²) in [5.74, 6) is 0.675. The van der Waals surface area contributed by atoms with E-state index in [4.69, 9.17) is 4.42 Å². The van der Waals surface area contributed by atoms with Crippen LogP contribution in [0.25, 0.3) is 0 Å². The van der Waals surface area contributed by atoms with Gasteiger partial charge in [-0.2, -0.15) is 0 Å². The molecule has 1 fully saturated rings. The van der Waals surface area contributed by atoms with Crippen molar-refractivity contribution >= 4 is 5.91 Å². The third-order valence-electron chi connectivity index (χ3n) is 4.08. The van der Waals surface area contributed by atoms with Crippen molar-refractivity contribution < 1.29 is 14.3 Å². The second kappa shape index (κ2) is 5.35. The van der Waals surface area contributed by atoms with E-state index in [1.54, 1.807) is 12.3 Å². The van der Waals surface area contributed by atoms with Crippen LogP contribution in [-0.2, 0) is 11.3 Å². The number of carbonyl (C=O) groups excluding carboxylic acids is 1. The first-order valence-corrected chi connectivity index (χ1v) is 6.65. The van der Waals surface area contributed by atoms with Crippen LogP contribution in [0.3, 0.4) is 0 Å². The van der Waals surface area contributed by atoms with Gasteiger partial charge >= 0.3 is 0 Å². The third kappa shape index (κ3) is 2.98. The van der Waals surface area contributed by atoms with Crippen molar-refractivity contribution in [1.29, 1.82) is 0 Å². The fraction of sp³-hybridized carbons (Fsp3) is 0.643. The van der Waals surface area contributed by atoms with Crippen molar-refractivity contribution in [2.75, 3.05) is 0 Å². The van der Waals surface area contributed by atoms with E-state index in [2.05, 4.69) is 10.6 Å². The SMILES string of the molecule is CC(NC1CC(O)C1(C)C)C(=O)NCc1ccco1. The smallest absolute Gasteiger partial charge is 0.237 e. The van der Waals surface area contributed by atoms with E-state index in [1.165, 1.54) is 0 Å². The van der Waals surface area contributed by atoms with Gasteiger partial charge in [0.25, 0.3) is 0 Å². The van der Waals surface area contributed by atoms with Gasteiger partial charge in [0, 0.05) is 11.5 Å². The lowest BCUT2D eigenvalue weighted by molar-refractivity contribution is -0.125. The molecule has 1 saturated carbocycles. The number of hydrogen-bond acceptors (Lipinski definition) is 4. The van der Waals surface area contributed by atoms with Gasteiger partial charge < -0.3 is 20.2 Å². The first-order valence-electron chi connectivity index (χ1n) is 6.65. The molecular formula is C14H22N2O3. The number of rotatable bonds is 5. The molecule has 0 bridgehead atoms. The van der Waals surface area contributed by atoms with Gasteiger partial charge in [-0.15, -0.1) is 0 Å². The predicted molar refractivity (Wildman–Crippen MR) is 71.3 cm³/mol. The lowest BCUT2D eigenvalue weighted by Crippen LogP contribution is -2.63. The lowest BCUT2D eigenvalue weighted by Gasteiger charge is -2.50. The summed E-state index contributed by atoms with van der Waals surface area (Å²) in [7, 11) is 0. The Morgan fingerprint density at radius 1 is 1.63 bits per heavy atom. The maximum absolute atomic E-state index is 11.9. The molecule has 3 atom stereocenters. The standard InChI is InChI=1S/C14H22N2O3/c1-9(16-11-7-12(17)14(11,2)3)13(18)15-8-10-5-4-6-19-10/h4-6,9,11-12,16-17H,7-8H2,1-3H3,(H,15,18). The highest BCUT2D eigenvalue weighted by Crippen LogP contribution is 2.40. The number of amides is 1. The van der Waals surface area contributed by atoms with Crippen LogP contribution in [0, 0.1) is 5.41 Å². The fourth-order valence-corrected chi connectivity index (χ4v) is 2.30. The molecule has 1 heterocycles. The van der Waals surface area contributed by atoms with Gasteiger partial charge in [0.2, 0.25) is 5.91 Å². The minimum absolute atomic E-state index is 0.0615. The van der Waals surface area contributed by atoms with Gasteiger partial charge in [-0.05, 0) is 25.5 Å². The molecule has 5 nitrogen and oxygen atoms in total. The molecule has 2 rings (SSSR count). The Bertz CT molecular complexity index is 428. The zero-order valence-corrected chi connectivity index (χ0v) is 11.6. The number of hydrogen-bond donors (Lipinski definition) is 3. The summed E-state index contributed by atoms with van der Waals surface area (Å²) in [4.78, 5) is 11.9. The van der Waals surface area contributed by atoms with E-state index >= 15 is 0 Å². The topological polar surface area (TPSA) is 74.5 Å². The normalized spacial score (nSPS) is 26.5. The number of aliphatic hydroxyl groups excluding tert-OH is 1. The number of aliphatic hydroxyl groups is 1. The number of nitrogens with one attached hydrogen (secondary N) is 2. The van der Waals surface area contributed by atoms with Crippen LogP contribution >= 0.6 is 0 Å². The zero-order chi connectivity index (χ0) is 14.0. The Labute approximate surface area is 113 Å². The molecule has 0 aromatic carbocycles. The molecule has 3 unspecified atom stereocenters. The molecular weight excluding hydrogens is 244 g/mol. The van der Waals surface area contributed by atoms with Crippen LogP contribution in [0.1, 0.15) is 33.0 Å². The van der Waals surface area contributed by atoms with Crippen molar-refractivity contribution in [2.24, 2.45) is 5.41 Å². The highest BCUT2D eigenvalue weighted by atomic mass is 16.3. The minimum Gasteiger partial charge on any atom is -0.467 e. The van der Waals surface area contributed by atoms with Gasteiger partial charge in [0.1, 0.15) is 5.76 Å². The molecule has 5 heteroatoms. The predicted octanol–water partition coefficient (Wildman–Crippen LogP) is 1.03. The van der Waals surface area contributed by atoms with Crippen LogP contribution in [0.5, 0.6) is 0 Å². The lowest BCUT2D eigenvalue weighted by atomic mass is 9.64. The zero-order valence-electron chi connectivity index (χ0n) is 11.6. The highest BCUT2D eigenvalue weighted by molar-refractivity contribution is 5.81. The first kappa shape index (κ1) is 14.1. The van der Waals surface area contributed by atoms with Crippen molar-refractivity contribution in [1.82, 2.24) is 10.6 Å². The Balaban J connectivity index is 1.77. The summed E-state index contributed by atoms with van der Waals surface area (Å²) in [6.07, 6.45) is 1.99. The number of carbonyl (C=O) groups is 1. The summed E-state index contributed by atoms with van der Waals surface area (Å²) < 4.78 is 5.16. The van der Waals surface area contributed by atoms with Gasteiger partial charge in [-0.3, -0.25) is 4.79 Å². The van der Waals surface area contributed by atoms with Crippen LogP contribution in [0.4, 0.5) is 0 Å². The highest BCUT2D eigenvalue weighted by Gasteiger charge is 2.47. The largest absolute Gasteiger partial charge is 0.467 e. The number of furan rings is 1. The Morgan fingerprint density at radius 3 is 2.89 bits per heavy atom. The molecule has 1 amide bonds. The van der Waals surface area contributed by atoms with Crippen molar-refractivity contribution in [3.8, 4) is 0 Å². The van der Waals surface area contributed by atoms with Crippen LogP contribution in [0.15, 0.2) is 22.8 Å². The average Bonchev–Trinajstić information content (AvgIpc) is 2.88. The van der Waals surface area contributed by atoms with E-state index in [0.29, 0.717) is 13.0 Å². The van der Waals surface area contributed by atoms with Crippen molar-refractivity contribution in [2.45, 2.75) is 51.9 Å². The summed E-state index contributed by atoms with van der Waals surface area (Å²) in [5.41, 5.74) is -0.171. The molecule has 3 N–H and O–H groups in total. The Kier molecular flexibility index (Phi) is 3.96. The fourth-order valence-electron chi connectivity index (χ4n) is 2.30. The molecule has 0 spiro atoms. The van der Waals surface area contributed by atoms with E-state index in [0.717, 1.165) is 5.76 Å². The maximum atomic E-state index is 11.9. The van der Waals surface area contributed by atoms with Crippen molar-refractivity contribution in [3.63, 3.8) is 0 Å². The molecule has 0 radical (unpaired) electrons. The maximum Gasteiger partial charge on any atom is 0.237 e. The van der Waals surface area contributed by atoms with Crippen LogP contribution < -0.4 is 10.6 Å². The van der Waals surface area contributed by atoms with E-state index in [9.17, 15) is 9.90 Å². The van der Waals surface area contributed by atoms with Gasteiger partial charge in [0.05, 0.1) is 25.0 Å². The molecule has 1 aromatic heterocycles. The second-order valence-corrected chi connectivity index (χ2v) is 5.81. The second-order valence-electron chi connectivity index (χ2n) is 5.81. The Morgan fingerprint density at radius 2 is 2.37 bits per heavy atom. The molecule has 0 saturated heterocycles. The minimum atomic E-state index is -0.289. The molecule has 1 aliphatic carbocycles. The average molecular weight is 266 g/mol. The summed E-state index contributed by atoms with van der Waals surface area (Å²) in [5, 5.41) is 15.8. The monoisotopic (exact) mass is 266 g/mol. The van der Waals surface area contributed by atoms with Crippen molar-refractivity contribution in [3.05, 3.63) is 24.2 Å². The molecule has 1 aromatic rings. The van der Waals surface area contributed by atoms with E-state index in [-0.39, 0.29) is 29.5 Å². The molecule has 0 aliphatic heterocycles. The van der Waals surface area contributed by atoms with E-state index in [1.807, 2.05) is 26.8 Å². The quantitative estimate of drug-likeness (QED) is 0.744. The summed E-state index contributed by atoms with van der Waals surface area (Å²) in [6.45, 7) is 6.24. The first-order chi connectivity index (χ1) is 8.91. The van der Waals surface area contributed by atoms with Gasteiger partial charge in [0.15, 0.2) is 0 Å². The van der Waals surface area contributed by atoms with Gasteiger partial charge in [-0.25, -0.2) is 0 Å². The van der Waals surface area contributed by atoms with Crippen LogP contribution in [-0.4, -0.2) is 29.2 Å². The third-order valence-corrected chi connectivity index (χ3v) is 4.08. The summed E-state index contributed by atoms with van der Waals surface area (Å²) in [6, 6.07) is 3.50.